The zero-order valence-corrected chi connectivity index (χ0v) is 36.2. The number of fused-ring (bicyclic) bond motifs is 2. The summed E-state index contributed by atoms with van der Waals surface area (Å²) in [6.07, 6.45) is 5.58. The third-order valence-corrected chi connectivity index (χ3v) is 11.0. The minimum atomic E-state index is -1.67. The Bertz CT molecular complexity index is 2830. The van der Waals surface area contributed by atoms with Gasteiger partial charge in [-0.05, 0) is 60.7 Å². The maximum atomic E-state index is 12.2. The molecule has 0 saturated carbocycles. The monoisotopic (exact) mass is 926 g/mol. The molecule has 312 valence electrons. The van der Waals surface area contributed by atoms with Gasteiger partial charge < -0.3 is 29.5 Å². The number of terminal acetylenes is 1. The van der Waals surface area contributed by atoms with Gasteiger partial charge in [-0.1, -0.05) is 81.2 Å². The summed E-state index contributed by atoms with van der Waals surface area (Å²) in [4.78, 5) is 50.1. The first-order valence-electron chi connectivity index (χ1n) is 18.4. The fourth-order valence-electron chi connectivity index (χ4n) is 6.58. The first-order chi connectivity index (χ1) is 29.0. The molecule has 0 bridgehead atoms. The molecule has 4 aromatic carbocycles. The van der Waals surface area contributed by atoms with E-state index in [0.29, 0.717) is 57.1 Å². The molecule has 2 fully saturated rings. The lowest BCUT2D eigenvalue weighted by Crippen LogP contribution is -2.37. The molecular weight excluding hydrogens is 891 g/mol. The van der Waals surface area contributed by atoms with E-state index in [4.69, 9.17) is 39.1 Å². The molecule has 0 unspecified atom stereocenters. The summed E-state index contributed by atoms with van der Waals surface area (Å²) in [5.74, 6) is 5.80. The van der Waals surface area contributed by atoms with E-state index in [1.165, 1.54) is 24.0 Å². The SMILES string of the molecule is C#C[C@]1(O)CCN(C)C1=O.COC(=O)c1nn(-c2cccc(Br)c2)c2cccc(Cl)c12.COC(=O)c1nn(-c2cccc(C#C[C@]3(O)CCN(C)C3=O)c2)c2cccc(Cl)c12. The molecule has 2 amide bonds. The number of hydrogen-bond acceptors (Lipinski definition) is 10. The summed E-state index contributed by atoms with van der Waals surface area (Å²) in [5, 5.41) is 30.5. The maximum absolute atomic E-state index is 12.2. The van der Waals surface area contributed by atoms with E-state index in [1.807, 2.05) is 42.5 Å². The van der Waals surface area contributed by atoms with Crippen LogP contribution in [0.3, 0.4) is 0 Å². The maximum Gasteiger partial charge on any atom is 0.359 e. The van der Waals surface area contributed by atoms with Gasteiger partial charge in [0.25, 0.3) is 11.8 Å². The second kappa shape index (κ2) is 18.2. The number of ether oxygens (including phenoxy) is 2. The number of aromatic nitrogens is 4. The minimum Gasteiger partial charge on any atom is -0.464 e. The van der Waals surface area contributed by atoms with Crippen molar-refractivity contribution in [2.75, 3.05) is 41.4 Å². The van der Waals surface area contributed by atoms with Crippen molar-refractivity contribution in [3.63, 3.8) is 0 Å². The number of likely N-dealkylation sites (N-methyl/N-ethyl adjacent to an activating group) is 2. The van der Waals surface area contributed by atoms with Gasteiger partial charge in [-0.2, -0.15) is 10.2 Å². The first-order valence-corrected chi connectivity index (χ1v) is 19.9. The van der Waals surface area contributed by atoms with E-state index in [-0.39, 0.29) is 23.7 Å². The average molecular weight is 929 g/mol. The van der Waals surface area contributed by atoms with Crippen LogP contribution in [0.15, 0.2) is 89.4 Å². The van der Waals surface area contributed by atoms with E-state index < -0.39 is 29.0 Å². The Morgan fingerprint density at radius 3 is 1.62 bits per heavy atom. The molecule has 0 aliphatic carbocycles. The second-order valence-electron chi connectivity index (χ2n) is 13.9. The molecule has 2 atom stereocenters. The highest BCUT2D eigenvalue weighted by Crippen LogP contribution is 2.31. The van der Waals surface area contributed by atoms with Crippen LogP contribution >= 0.6 is 39.1 Å². The zero-order chi connectivity index (χ0) is 44.2. The fourth-order valence-corrected chi connectivity index (χ4v) is 7.49. The zero-order valence-electron chi connectivity index (χ0n) is 33.1. The topological polar surface area (TPSA) is 169 Å². The van der Waals surface area contributed by atoms with Crippen molar-refractivity contribution in [3.05, 3.63) is 116 Å². The molecular formula is C44H37BrCl2N6O8. The number of esters is 2. The molecule has 2 N–H and O–H groups in total. The Balaban J connectivity index is 0.000000173. The summed E-state index contributed by atoms with van der Waals surface area (Å²) >= 11 is 16.0. The molecule has 8 rings (SSSR count). The number of carbonyl (C=O) groups excluding carboxylic acids is 4. The number of carbonyl (C=O) groups is 4. The third-order valence-electron chi connectivity index (χ3n) is 9.89. The van der Waals surface area contributed by atoms with Crippen LogP contribution in [0.5, 0.6) is 0 Å². The lowest BCUT2D eigenvalue weighted by molar-refractivity contribution is -0.138. The smallest absolute Gasteiger partial charge is 0.359 e. The molecule has 0 spiro atoms. The second-order valence-corrected chi connectivity index (χ2v) is 15.6. The van der Waals surface area contributed by atoms with Gasteiger partial charge in [-0.25, -0.2) is 19.0 Å². The van der Waals surface area contributed by atoms with Crippen molar-refractivity contribution in [1.82, 2.24) is 29.4 Å². The van der Waals surface area contributed by atoms with E-state index in [1.54, 1.807) is 65.9 Å². The highest BCUT2D eigenvalue weighted by molar-refractivity contribution is 9.10. The molecule has 2 saturated heterocycles. The highest BCUT2D eigenvalue weighted by Gasteiger charge is 2.43. The van der Waals surface area contributed by atoms with Gasteiger partial charge in [0.15, 0.2) is 11.4 Å². The van der Waals surface area contributed by atoms with Crippen LogP contribution in [0.2, 0.25) is 10.0 Å². The largest absolute Gasteiger partial charge is 0.464 e. The minimum absolute atomic E-state index is 0.114. The number of benzene rings is 4. The molecule has 2 aliphatic rings. The van der Waals surface area contributed by atoms with Crippen LogP contribution < -0.4 is 0 Å². The van der Waals surface area contributed by atoms with E-state index in [2.05, 4.69) is 43.9 Å². The molecule has 2 aromatic heterocycles. The van der Waals surface area contributed by atoms with Crippen LogP contribution in [-0.2, 0) is 19.1 Å². The molecule has 6 aromatic rings. The van der Waals surface area contributed by atoms with Crippen molar-refractivity contribution in [2.45, 2.75) is 24.0 Å². The molecule has 4 heterocycles. The van der Waals surface area contributed by atoms with Crippen LogP contribution in [0.25, 0.3) is 33.2 Å². The predicted molar refractivity (Wildman–Crippen MR) is 233 cm³/mol. The Morgan fingerprint density at radius 2 is 1.20 bits per heavy atom. The summed E-state index contributed by atoms with van der Waals surface area (Å²) < 4.78 is 13.8. The van der Waals surface area contributed by atoms with Crippen molar-refractivity contribution < 1.29 is 38.9 Å². The van der Waals surface area contributed by atoms with Gasteiger partial charge in [-0.15, -0.1) is 6.42 Å². The fraction of sp³-hybridized carbons (Fsp3) is 0.227. The number of aliphatic hydroxyl groups is 2. The van der Waals surface area contributed by atoms with Crippen LogP contribution in [0.4, 0.5) is 0 Å². The van der Waals surface area contributed by atoms with Crippen molar-refractivity contribution >= 4 is 84.7 Å². The molecule has 2 aliphatic heterocycles. The lowest BCUT2D eigenvalue weighted by atomic mass is 10.0. The first kappa shape index (κ1) is 44.4. The molecule has 14 nitrogen and oxygen atoms in total. The highest BCUT2D eigenvalue weighted by atomic mass is 79.9. The lowest BCUT2D eigenvalue weighted by Gasteiger charge is -2.13. The molecule has 17 heteroatoms. The van der Waals surface area contributed by atoms with Crippen molar-refractivity contribution in [1.29, 1.82) is 0 Å². The summed E-state index contributed by atoms with van der Waals surface area (Å²) in [6.45, 7) is 1.000. The predicted octanol–water partition coefficient (Wildman–Crippen LogP) is 5.85. The van der Waals surface area contributed by atoms with Gasteiger partial charge >= 0.3 is 11.9 Å². The standard InChI is InChI=1S/C22H18ClN3O4.C15H10BrClN2O2.C7H9NO2/c1-25-12-11-22(29,21(25)28)10-9-14-5-3-6-15(13-14)26-17-8-4-7-16(23)18(17)19(24-26)20(27)30-2;1-21-15(20)14-13-11(17)6-3-7-12(13)19(18-14)10-5-2-4-9(16)8-10;1-3-7(10)4-5-8(2)6(7)9/h3-8,13,29H,11-12H2,1-2H3;2-8H,1H3;1,10H,4-5H2,2H3/t22-;;7-/m0.0/s1. The molecule has 0 radical (unpaired) electrons. The Labute approximate surface area is 368 Å². The van der Waals surface area contributed by atoms with Gasteiger partial charge in [0.1, 0.15) is 0 Å². The Morgan fingerprint density at radius 1 is 0.738 bits per heavy atom. The van der Waals surface area contributed by atoms with Gasteiger partial charge in [-0.3, -0.25) is 9.59 Å². The van der Waals surface area contributed by atoms with E-state index >= 15 is 0 Å². The van der Waals surface area contributed by atoms with E-state index in [0.717, 1.165) is 15.7 Å². The van der Waals surface area contributed by atoms with Crippen LogP contribution in [0.1, 0.15) is 39.4 Å². The number of methoxy groups -OCH3 is 2. The summed E-state index contributed by atoms with van der Waals surface area (Å²) in [7, 11) is 5.86. The average Bonchev–Trinajstić information content (AvgIpc) is 4.00. The van der Waals surface area contributed by atoms with Gasteiger partial charge in [0.05, 0.1) is 57.4 Å². The summed E-state index contributed by atoms with van der Waals surface area (Å²) in [5.41, 5.74) is 0.581. The Kier molecular flexibility index (Phi) is 13.2. The molecule has 61 heavy (non-hydrogen) atoms. The number of amides is 2. The van der Waals surface area contributed by atoms with Gasteiger partial charge in [0.2, 0.25) is 11.2 Å². The number of nitrogens with zero attached hydrogens (tertiary/aromatic N) is 6. The summed E-state index contributed by atoms with van der Waals surface area (Å²) in [6, 6.07) is 25.4. The normalized spacial score (nSPS) is 18.1. The van der Waals surface area contributed by atoms with Gasteiger partial charge in [0, 0.05) is 50.1 Å². The number of rotatable bonds is 4. The third kappa shape index (κ3) is 8.98. The van der Waals surface area contributed by atoms with Crippen molar-refractivity contribution in [2.24, 2.45) is 0 Å². The number of hydrogen-bond donors (Lipinski definition) is 2. The number of likely N-dealkylation sites (tertiary alicyclic amines) is 2. The number of halogens is 3. The van der Waals surface area contributed by atoms with E-state index in [9.17, 15) is 29.4 Å². The van der Waals surface area contributed by atoms with Crippen molar-refractivity contribution in [3.8, 4) is 35.6 Å². The quantitative estimate of drug-likeness (QED) is 0.162. The Hall–Kier alpha value is -6.20. The van der Waals surface area contributed by atoms with Crippen LogP contribution in [-0.4, -0.2) is 116 Å². The van der Waals surface area contributed by atoms with Crippen LogP contribution in [0, 0.1) is 24.2 Å².